The molecule has 0 aliphatic carbocycles. The largest absolute Gasteiger partial charge is 0.241 e. The van der Waals surface area contributed by atoms with Crippen LogP contribution in [0.1, 0.15) is 25.7 Å². The lowest BCUT2D eigenvalue weighted by Gasteiger charge is -2.09. The van der Waals surface area contributed by atoms with Gasteiger partial charge in [-0.15, -0.1) is 0 Å². The minimum absolute atomic E-state index is 0.362. The number of rotatable bonds is 8. The van der Waals surface area contributed by atoms with Gasteiger partial charge in [0.15, 0.2) is 0 Å². The zero-order valence-corrected chi connectivity index (χ0v) is 14.3. The molecule has 2 aromatic carbocycles. The molecule has 2 aromatic rings. The molecule has 0 aromatic heterocycles. The second-order valence-corrected chi connectivity index (χ2v) is 7.51. The minimum atomic E-state index is -3.44. The summed E-state index contributed by atoms with van der Waals surface area (Å²) in [7, 11) is -3.44. The van der Waals surface area contributed by atoms with Crippen molar-refractivity contribution in [2.75, 3.05) is 11.9 Å². The zero-order valence-electron chi connectivity index (χ0n) is 11.9. The Hall–Kier alpha value is -0.910. The summed E-state index contributed by atoms with van der Waals surface area (Å²) in [5.74, 6) is 0. The van der Waals surface area contributed by atoms with Crippen LogP contribution >= 0.6 is 15.9 Å². The Balaban J connectivity index is 2.05. The van der Waals surface area contributed by atoms with Gasteiger partial charge in [-0.3, -0.25) is 0 Å². The highest BCUT2D eigenvalue weighted by molar-refractivity contribution is 9.09. The lowest BCUT2D eigenvalue weighted by Crippen LogP contribution is -2.25. The smallest absolute Gasteiger partial charge is 0.211 e. The van der Waals surface area contributed by atoms with Crippen molar-refractivity contribution < 1.29 is 8.42 Å². The fourth-order valence-electron chi connectivity index (χ4n) is 2.29. The number of unbranched alkanes of at least 4 members (excludes halogenated alkanes) is 3. The molecule has 1 N–H and O–H groups in total. The SMILES string of the molecule is O=S(=O)(NCCCCCCBr)c1cccc2ccccc12. The number of benzene rings is 2. The maximum absolute atomic E-state index is 12.4. The second kappa shape index (κ2) is 7.92. The molecule has 0 amide bonds. The summed E-state index contributed by atoms with van der Waals surface area (Å²) in [4.78, 5) is 0.362. The van der Waals surface area contributed by atoms with Crippen LogP contribution in [0.4, 0.5) is 0 Å². The Morgan fingerprint density at radius 3 is 2.43 bits per heavy atom. The molecule has 0 saturated carbocycles. The molecule has 0 radical (unpaired) electrons. The first-order chi connectivity index (χ1) is 10.1. The average Bonchev–Trinajstić information content (AvgIpc) is 2.50. The van der Waals surface area contributed by atoms with Crippen LogP contribution in [-0.2, 0) is 10.0 Å². The van der Waals surface area contributed by atoms with Gasteiger partial charge in [-0.1, -0.05) is 65.2 Å². The number of fused-ring (bicyclic) bond motifs is 1. The van der Waals surface area contributed by atoms with Crippen molar-refractivity contribution in [2.24, 2.45) is 0 Å². The van der Waals surface area contributed by atoms with Gasteiger partial charge in [0.25, 0.3) is 0 Å². The monoisotopic (exact) mass is 369 g/mol. The van der Waals surface area contributed by atoms with Gasteiger partial charge in [0, 0.05) is 17.3 Å². The van der Waals surface area contributed by atoms with Crippen LogP contribution in [0, 0.1) is 0 Å². The standard InChI is InChI=1S/C16H20BrNO2S/c17-12-5-1-2-6-13-18-21(19,20)16-11-7-9-14-8-3-4-10-15(14)16/h3-4,7-11,18H,1-2,5-6,12-13H2. The third-order valence-corrected chi connectivity index (χ3v) is 5.47. The Morgan fingerprint density at radius 1 is 0.905 bits per heavy atom. The quantitative estimate of drug-likeness (QED) is 0.562. The molecule has 0 aliphatic rings. The van der Waals surface area contributed by atoms with Crippen LogP contribution in [0.3, 0.4) is 0 Å². The molecule has 2 rings (SSSR count). The van der Waals surface area contributed by atoms with Crippen LogP contribution in [0.25, 0.3) is 10.8 Å². The summed E-state index contributed by atoms with van der Waals surface area (Å²) in [5.41, 5.74) is 0. The molecule has 21 heavy (non-hydrogen) atoms. The minimum Gasteiger partial charge on any atom is -0.211 e. The van der Waals surface area contributed by atoms with Gasteiger partial charge in [0.1, 0.15) is 0 Å². The second-order valence-electron chi connectivity index (χ2n) is 4.98. The molecule has 0 fully saturated rings. The van der Waals surface area contributed by atoms with E-state index in [1.807, 2.05) is 30.3 Å². The maximum atomic E-state index is 12.4. The third kappa shape index (κ3) is 4.53. The van der Waals surface area contributed by atoms with E-state index in [0.29, 0.717) is 11.4 Å². The van der Waals surface area contributed by atoms with E-state index in [1.54, 1.807) is 12.1 Å². The molecule has 5 heteroatoms. The molecule has 0 spiro atoms. The van der Waals surface area contributed by atoms with Gasteiger partial charge < -0.3 is 0 Å². The van der Waals surface area contributed by atoms with Crippen LogP contribution < -0.4 is 4.72 Å². The van der Waals surface area contributed by atoms with Crippen LogP contribution in [0.15, 0.2) is 47.4 Å². The highest BCUT2D eigenvalue weighted by atomic mass is 79.9. The van der Waals surface area contributed by atoms with Crippen molar-refractivity contribution in [3.8, 4) is 0 Å². The van der Waals surface area contributed by atoms with Crippen molar-refractivity contribution in [3.63, 3.8) is 0 Å². The number of alkyl halides is 1. The van der Waals surface area contributed by atoms with Crippen LogP contribution in [-0.4, -0.2) is 20.3 Å². The van der Waals surface area contributed by atoms with E-state index >= 15 is 0 Å². The van der Waals surface area contributed by atoms with E-state index in [9.17, 15) is 8.42 Å². The van der Waals surface area contributed by atoms with Crippen LogP contribution in [0.5, 0.6) is 0 Å². The van der Waals surface area contributed by atoms with Crippen molar-refractivity contribution in [3.05, 3.63) is 42.5 Å². The van der Waals surface area contributed by atoms with E-state index in [-0.39, 0.29) is 0 Å². The highest BCUT2D eigenvalue weighted by Crippen LogP contribution is 2.22. The van der Waals surface area contributed by atoms with Gasteiger partial charge in [-0.2, -0.15) is 0 Å². The van der Waals surface area contributed by atoms with Gasteiger partial charge in [-0.25, -0.2) is 13.1 Å². The van der Waals surface area contributed by atoms with Crippen molar-refractivity contribution in [2.45, 2.75) is 30.6 Å². The van der Waals surface area contributed by atoms with Gasteiger partial charge in [-0.05, 0) is 24.3 Å². The Kier molecular flexibility index (Phi) is 6.21. The summed E-state index contributed by atoms with van der Waals surface area (Å²) in [6.45, 7) is 0.494. The summed E-state index contributed by atoms with van der Waals surface area (Å²) in [5, 5.41) is 2.72. The summed E-state index contributed by atoms with van der Waals surface area (Å²) in [6.07, 6.45) is 4.18. The maximum Gasteiger partial charge on any atom is 0.241 e. The predicted molar refractivity (Wildman–Crippen MR) is 91.4 cm³/mol. The van der Waals surface area contributed by atoms with Gasteiger partial charge in [0.05, 0.1) is 4.90 Å². The third-order valence-electron chi connectivity index (χ3n) is 3.39. The summed E-state index contributed by atoms with van der Waals surface area (Å²) < 4.78 is 27.5. The molecule has 3 nitrogen and oxygen atoms in total. The Bertz CT molecular complexity index is 680. The van der Waals surface area contributed by atoms with Gasteiger partial charge >= 0.3 is 0 Å². The fourth-order valence-corrected chi connectivity index (χ4v) is 3.99. The molecule has 114 valence electrons. The van der Waals surface area contributed by atoms with E-state index in [2.05, 4.69) is 20.7 Å². The number of sulfonamides is 1. The zero-order chi connectivity index (χ0) is 15.1. The predicted octanol–water partition coefficient (Wildman–Crippen LogP) is 4.07. The van der Waals surface area contributed by atoms with Crippen molar-refractivity contribution in [1.82, 2.24) is 4.72 Å². The number of nitrogens with one attached hydrogen (secondary N) is 1. The van der Waals surface area contributed by atoms with E-state index in [0.717, 1.165) is 41.8 Å². The number of hydrogen-bond acceptors (Lipinski definition) is 2. The first-order valence-corrected chi connectivity index (χ1v) is 9.79. The normalized spacial score (nSPS) is 11.9. The van der Waals surface area contributed by atoms with Crippen molar-refractivity contribution >= 4 is 36.7 Å². The number of halogens is 1. The first-order valence-electron chi connectivity index (χ1n) is 7.18. The van der Waals surface area contributed by atoms with Crippen molar-refractivity contribution in [1.29, 1.82) is 0 Å². The Morgan fingerprint density at radius 2 is 1.62 bits per heavy atom. The van der Waals surface area contributed by atoms with E-state index in [1.165, 1.54) is 0 Å². The fraction of sp³-hybridized carbons (Fsp3) is 0.375. The van der Waals surface area contributed by atoms with Gasteiger partial charge in [0.2, 0.25) is 10.0 Å². The molecule has 0 bridgehead atoms. The molecule has 0 unspecified atom stereocenters. The average molecular weight is 370 g/mol. The van der Waals surface area contributed by atoms with Crippen LogP contribution in [0.2, 0.25) is 0 Å². The highest BCUT2D eigenvalue weighted by Gasteiger charge is 2.15. The lowest BCUT2D eigenvalue weighted by atomic mass is 10.1. The first kappa shape index (κ1) is 16.5. The summed E-state index contributed by atoms with van der Waals surface area (Å²) >= 11 is 3.39. The topological polar surface area (TPSA) is 46.2 Å². The summed E-state index contributed by atoms with van der Waals surface area (Å²) in [6, 6.07) is 12.9. The molecule has 0 saturated heterocycles. The lowest BCUT2D eigenvalue weighted by molar-refractivity contribution is 0.575. The number of hydrogen-bond donors (Lipinski definition) is 1. The molecule has 0 aliphatic heterocycles. The molecule has 0 heterocycles. The van der Waals surface area contributed by atoms with E-state index < -0.39 is 10.0 Å². The Labute approximate surface area is 134 Å². The van der Waals surface area contributed by atoms with E-state index in [4.69, 9.17) is 0 Å². The molecular weight excluding hydrogens is 350 g/mol. The molecular formula is C16H20BrNO2S. The molecule has 0 atom stereocenters.